The predicted octanol–water partition coefficient (Wildman–Crippen LogP) is 3.17. The lowest BCUT2D eigenvalue weighted by Crippen LogP contribution is -2.36. The van der Waals surface area contributed by atoms with Gasteiger partial charge in [-0.05, 0) is 30.7 Å². The highest BCUT2D eigenvalue weighted by atomic mass is 16.5. The SMILES string of the molecule is COC(=O)C1=C(C)NC(C)=C2C(=O)Oc3ccc4ccccc4c3[C@H]12. The van der Waals surface area contributed by atoms with Gasteiger partial charge in [-0.1, -0.05) is 30.3 Å². The molecule has 4 rings (SSSR count). The third kappa shape index (κ3) is 2.16. The first-order valence-corrected chi connectivity index (χ1v) is 8.03. The molecule has 2 aliphatic heterocycles. The summed E-state index contributed by atoms with van der Waals surface area (Å²) in [6, 6.07) is 11.6. The Morgan fingerprint density at radius 2 is 1.88 bits per heavy atom. The minimum absolute atomic E-state index is 0.438. The molecule has 0 aliphatic carbocycles. The first-order valence-electron chi connectivity index (χ1n) is 8.03. The molecule has 1 N–H and O–H groups in total. The molecule has 2 heterocycles. The molecule has 0 amide bonds. The Labute approximate surface area is 144 Å². The van der Waals surface area contributed by atoms with Crippen molar-refractivity contribution >= 4 is 22.7 Å². The summed E-state index contributed by atoms with van der Waals surface area (Å²) in [5.41, 5.74) is 3.10. The van der Waals surface area contributed by atoms with Gasteiger partial charge in [-0.3, -0.25) is 0 Å². The van der Waals surface area contributed by atoms with E-state index < -0.39 is 17.9 Å². The normalized spacial score (nSPS) is 19.2. The molecule has 2 aromatic carbocycles. The zero-order valence-corrected chi connectivity index (χ0v) is 14.2. The van der Waals surface area contributed by atoms with Gasteiger partial charge in [0, 0.05) is 17.0 Å². The van der Waals surface area contributed by atoms with Gasteiger partial charge in [-0.2, -0.15) is 0 Å². The molecule has 5 heteroatoms. The van der Waals surface area contributed by atoms with Crippen LogP contribution in [-0.4, -0.2) is 19.0 Å². The average molecular weight is 335 g/mol. The number of allylic oxidation sites excluding steroid dienone is 2. The van der Waals surface area contributed by atoms with Gasteiger partial charge in [-0.15, -0.1) is 0 Å². The standard InChI is InChI=1S/C20H17NO4/c1-10-15(19(22)24-3)18-16(11(2)21-10)20(23)25-14-9-8-12-6-4-5-7-13(12)17(14)18/h4-9,18,21H,1-3H3/t18-/m1/s1. The fourth-order valence-electron chi connectivity index (χ4n) is 3.75. The number of dihydropyridines is 1. The number of methoxy groups -OCH3 is 1. The summed E-state index contributed by atoms with van der Waals surface area (Å²) < 4.78 is 10.6. The molecular formula is C20H17NO4. The van der Waals surface area contributed by atoms with Gasteiger partial charge in [0.25, 0.3) is 0 Å². The van der Waals surface area contributed by atoms with Gasteiger partial charge in [0.2, 0.25) is 0 Å². The topological polar surface area (TPSA) is 64.6 Å². The monoisotopic (exact) mass is 335 g/mol. The second-order valence-electron chi connectivity index (χ2n) is 6.21. The summed E-state index contributed by atoms with van der Waals surface area (Å²) in [4.78, 5) is 25.1. The van der Waals surface area contributed by atoms with Crippen molar-refractivity contribution in [3.8, 4) is 5.75 Å². The van der Waals surface area contributed by atoms with E-state index in [1.165, 1.54) is 7.11 Å². The number of hydrogen-bond donors (Lipinski definition) is 1. The smallest absolute Gasteiger partial charge is 0.342 e. The van der Waals surface area contributed by atoms with Crippen molar-refractivity contribution in [2.45, 2.75) is 19.8 Å². The van der Waals surface area contributed by atoms with Crippen LogP contribution in [0, 0.1) is 0 Å². The van der Waals surface area contributed by atoms with Crippen molar-refractivity contribution < 1.29 is 19.1 Å². The van der Waals surface area contributed by atoms with E-state index in [0.717, 1.165) is 16.3 Å². The number of carbonyl (C=O) groups excluding carboxylic acids is 2. The van der Waals surface area contributed by atoms with E-state index in [-0.39, 0.29) is 0 Å². The van der Waals surface area contributed by atoms with Crippen molar-refractivity contribution in [2.75, 3.05) is 7.11 Å². The number of rotatable bonds is 1. The summed E-state index contributed by atoms with van der Waals surface area (Å²) in [7, 11) is 1.35. The van der Waals surface area contributed by atoms with Crippen LogP contribution in [-0.2, 0) is 14.3 Å². The van der Waals surface area contributed by atoms with Crippen molar-refractivity contribution in [3.05, 3.63) is 64.5 Å². The van der Waals surface area contributed by atoms with Crippen molar-refractivity contribution in [1.82, 2.24) is 5.32 Å². The number of benzene rings is 2. The van der Waals surface area contributed by atoms with Gasteiger partial charge < -0.3 is 14.8 Å². The van der Waals surface area contributed by atoms with Crippen LogP contribution in [0.2, 0.25) is 0 Å². The first-order chi connectivity index (χ1) is 12.0. The minimum atomic E-state index is -0.504. The second-order valence-corrected chi connectivity index (χ2v) is 6.21. The molecule has 0 spiro atoms. The lowest BCUT2D eigenvalue weighted by Gasteiger charge is -2.34. The van der Waals surface area contributed by atoms with E-state index >= 15 is 0 Å². The fourth-order valence-corrected chi connectivity index (χ4v) is 3.75. The van der Waals surface area contributed by atoms with E-state index in [2.05, 4.69) is 5.32 Å². The van der Waals surface area contributed by atoms with Gasteiger partial charge >= 0.3 is 11.9 Å². The molecule has 5 nitrogen and oxygen atoms in total. The molecule has 0 bridgehead atoms. The van der Waals surface area contributed by atoms with E-state index in [1.807, 2.05) is 44.2 Å². The zero-order chi connectivity index (χ0) is 17.7. The molecule has 2 aliphatic rings. The van der Waals surface area contributed by atoms with Crippen LogP contribution < -0.4 is 10.1 Å². The highest BCUT2D eigenvalue weighted by Crippen LogP contribution is 2.48. The molecule has 0 unspecified atom stereocenters. The fraction of sp³-hybridized carbons (Fsp3) is 0.200. The minimum Gasteiger partial charge on any atom is -0.466 e. The van der Waals surface area contributed by atoms with Crippen LogP contribution in [0.15, 0.2) is 58.9 Å². The molecule has 0 fully saturated rings. The summed E-state index contributed by atoms with van der Waals surface area (Å²) in [6.45, 7) is 3.63. The van der Waals surface area contributed by atoms with E-state index in [9.17, 15) is 9.59 Å². The molecule has 0 saturated heterocycles. The number of carbonyl (C=O) groups is 2. The highest BCUT2D eigenvalue weighted by molar-refractivity contribution is 6.05. The third-order valence-electron chi connectivity index (χ3n) is 4.81. The molecule has 0 saturated carbocycles. The number of esters is 2. The molecule has 0 radical (unpaired) electrons. The van der Waals surface area contributed by atoms with E-state index in [0.29, 0.717) is 28.3 Å². The molecule has 1 atom stereocenters. The van der Waals surface area contributed by atoms with Crippen LogP contribution in [0.4, 0.5) is 0 Å². The number of ether oxygens (including phenoxy) is 2. The first kappa shape index (κ1) is 15.4. The lowest BCUT2D eigenvalue weighted by atomic mass is 9.77. The quantitative estimate of drug-likeness (QED) is 0.640. The molecule has 2 aromatic rings. The van der Waals surface area contributed by atoms with E-state index in [4.69, 9.17) is 9.47 Å². The van der Waals surface area contributed by atoms with Crippen molar-refractivity contribution in [2.24, 2.45) is 0 Å². The van der Waals surface area contributed by atoms with Crippen LogP contribution >= 0.6 is 0 Å². The maximum Gasteiger partial charge on any atom is 0.342 e. The maximum atomic E-state index is 12.6. The predicted molar refractivity (Wildman–Crippen MR) is 92.9 cm³/mol. The van der Waals surface area contributed by atoms with Gasteiger partial charge in [0.15, 0.2) is 0 Å². The van der Waals surface area contributed by atoms with Gasteiger partial charge in [-0.25, -0.2) is 9.59 Å². The van der Waals surface area contributed by atoms with E-state index in [1.54, 1.807) is 6.07 Å². The second kappa shape index (κ2) is 5.48. The number of fused-ring (bicyclic) bond motifs is 5. The number of nitrogens with one attached hydrogen (secondary N) is 1. The Balaban J connectivity index is 2.09. The van der Waals surface area contributed by atoms with Gasteiger partial charge in [0.1, 0.15) is 5.75 Å². The summed E-state index contributed by atoms with van der Waals surface area (Å²) in [5.74, 6) is -0.905. The van der Waals surface area contributed by atoms with Crippen LogP contribution in [0.1, 0.15) is 25.3 Å². The zero-order valence-electron chi connectivity index (χ0n) is 14.2. The summed E-state index contributed by atoms with van der Waals surface area (Å²) in [5, 5.41) is 5.09. The van der Waals surface area contributed by atoms with Crippen LogP contribution in [0.5, 0.6) is 5.75 Å². The Morgan fingerprint density at radius 3 is 2.64 bits per heavy atom. The summed E-state index contributed by atoms with van der Waals surface area (Å²) in [6.07, 6.45) is 0. The van der Waals surface area contributed by atoms with Crippen LogP contribution in [0.3, 0.4) is 0 Å². The van der Waals surface area contributed by atoms with Crippen molar-refractivity contribution in [3.63, 3.8) is 0 Å². The number of hydrogen-bond acceptors (Lipinski definition) is 5. The average Bonchev–Trinajstić information content (AvgIpc) is 2.60. The Morgan fingerprint density at radius 1 is 1.12 bits per heavy atom. The van der Waals surface area contributed by atoms with Crippen LogP contribution in [0.25, 0.3) is 10.8 Å². The molecule has 25 heavy (non-hydrogen) atoms. The van der Waals surface area contributed by atoms with Crippen molar-refractivity contribution in [1.29, 1.82) is 0 Å². The molecule has 0 aromatic heterocycles. The van der Waals surface area contributed by atoms with Gasteiger partial charge in [0.05, 0.1) is 24.2 Å². The molecular weight excluding hydrogens is 318 g/mol. The Kier molecular flexibility index (Phi) is 3.39. The Bertz CT molecular complexity index is 1000. The third-order valence-corrected chi connectivity index (χ3v) is 4.81. The largest absolute Gasteiger partial charge is 0.466 e. The highest BCUT2D eigenvalue weighted by Gasteiger charge is 2.43. The lowest BCUT2D eigenvalue weighted by molar-refractivity contribution is -0.136. The summed E-state index contributed by atoms with van der Waals surface area (Å²) >= 11 is 0. The molecule has 126 valence electrons. The maximum absolute atomic E-state index is 12.6. The Hall–Kier alpha value is -3.08.